The van der Waals surface area contributed by atoms with Crippen LogP contribution in [0.2, 0.25) is 0 Å². The zero-order valence-electron chi connectivity index (χ0n) is 18.9. The zero-order valence-corrected chi connectivity index (χ0v) is 18.9. The van der Waals surface area contributed by atoms with E-state index in [1.54, 1.807) is 12.3 Å². The zero-order chi connectivity index (χ0) is 24.3. The van der Waals surface area contributed by atoms with E-state index in [1.807, 2.05) is 36.1 Å². The Hall–Kier alpha value is -3.56. The molecule has 0 radical (unpaired) electrons. The van der Waals surface area contributed by atoms with Gasteiger partial charge in [0, 0.05) is 42.8 Å². The second-order valence-electron chi connectivity index (χ2n) is 8.52. The summed E-state index contributed by atoms with van der Waals surface area (Å²) in [4.78, 5) is 23.2. The number of carbonyl (C=O) groups excluding carboxylic acids is 1. The van der Waals surface area contributed by atoms with E-state index in [1.165, 1.54) is 0 Å². The molecule has 1 aromatic carbocycles. The van der Waals surface area contributed by atoms with Crippen molar-refractivity contribution in [1.82, 2.24) is 25.1 Å². The maximum absolute atomic E-state index is 13.8. The van der Waals surface area contributed by atoms with Crippen molar-refractivity contribution in [2.24, 2.45) is 5.92 Å². The van der Waals surface area contributed by atoms with Gasteiger partial charge in [0.25, 0.3) is 5.91 Å². The fourth-order valence-corrected chi connectivity index (χ4v) is 4.23. The van der Waals surface area contributed by atoms with E-state index < -0.39 is 11.7 Å². The van der Waals surface area contributed by atoms with Gasteiger partial charge in [0.15, 0.2) is 0 Å². The van der Waals surface area contributed by atoms with Gasteiger partial charge in [-0.05, 0) is 43.9 Å². The van der Waals surface area contributed by atoms with Gasteiger partial charge < -0.3 is 10.2 Å². The predicted molar refractivity (Wildman–Crippen MR) is 121 cm³/mol. The lowest BCUT2D eigenvalue weighted by molar-refractivity contribution is -0.138. The molecule has 7 nitrogen and oxygen atoms in total. The van der Waals surface area contributed by atoms with Crippen LogP contribution in [0.4, 0.5) is 19.1 Å². The number of benzene rings is 1. The molecule has 1 fully saturated rings. The highest BCUT2D eigenvalue weighted by atomic mass is 19.4. The molecule has 2 atom stereocenters. The first kappa shape index (κ1) is 23.6. The minimum atomic E-state index is -4.49. The van der Waals surface area contributed by atoms with E-state index in [0.717, 1.165) is 30.8 Å². The van der Waals surface area contributed by atoms with Crippen LogP contribution in [-0.4, -0.2) is 50.1 Å². The van der Waals surface area contributed by atoms with Crippen LogP contribution in [0.15, 0.2) is 48.9 Å². The molecule has 4 rings (SSSR count). The van der Waals surface area contributed by atoms with Crippen molar-refractivity contribution in [3.05, 3.63) is 65.6 Å². The molecule has 1 saturated heterocycles. The Bertz CT molecular complexity index is 1140. The first-order chi connectivity index (χ1) is 16.2. The number of rotatable bonds is 5. The van der Waals surface area contributed by atoms with Crippen LogP contribution in [0.25, 0.3) is 11.3 Å². The van der Waals surface area contributed by atoms with E-state index in [-0.39, 0.29) is 23.8 Å². The molecule has 178 valence electrons. The molecule has 0 aliphatic carbocycles. The van der Waals surface area contributed by atoms with Gasteiger partial charge in [0.05, 0.1) is 17.3 Å². The second kappa shape index (κ2) is 9.74. The minimum Gasteiger partial charge on any atom is -0.352 e. The number of halogens is 3. The third-order valence-corrected chi connectivity index (χ3v) is 6.08. The largest absolute Gasteiger partial charge is 0.419 e. The lowest BCUT2D eigenvalue weighted by Gasteiger charge is -2.40. The SMILES string of the molecule is Cc1ccc(-c2cccnn2)c(C(=O)N2CCCC(C)C2CNc2ncc(C(F)(F)F)cn2)c1. The molecule has 1 aliphatic heterocycles. The van der Waals surface area contributed by atoms with E-state index in [0.29, 0.717) is 29.9 Å². The first-order valence-electron chi connectivity index (χ1n) is 11.1. The Kier molecular flexibility index (Phi) is 6.76. The molecule has 2 aromatic heterocycles. The lowest BCUT2D eigenvalue weighted by atomic mass is 9.89. The molecular formula is C24H25F3N6O. The van der Waals surface area contributed by atoms with E-state index >= 15 is 0 Å². The Balaban J connectivity index is 1.57. The molecule has 1 amide bonds. The predicted octanol–water partition coefficient (Wildman–Crippen LogP) is 4.61. The van der Waals surface area contributed by atoms with E-state index in [9.17, 15) is 18.0 Å². The number of hydrogen-bond donors (Lipinski definition) is 1. The molecular weight excluding hydrogens is 445 g/mol. The number of piperidine rings is 1. The molecule has 1 aliphatic rings. The van der Waals surface area contributed by atoms with Crippen molar-refractivity contribution in [2.45, 2.75) is 38.9 Å². The molecule has 0 bridgehead atoms. The van der Waals surface area contributed by atoms with Crippen molar-refractivity contribution < 1.29 is 18.0 Å². The number of likely N-dealkylation sites (tertiary alicyclic amines) is 1. The monoisotopic (exact) mass is 470 g/mol. The third-order valence-electron chi connectivity index (χ3n) is 6.08. The van der Waals surface area contributed by atoms with Gasteiger partial charge in [-0.2, -0.15) is 23.4 Å². The number of hydrogen-bond acceptors (Lipinski definition) is 6. The summed E-state index contributed by atoms with van der Waals surface area (Å²) in [6, 6.07) is 9.08. The molecule has 3 aromatic rings. The standard InChI is InChI=1S/C24H25F3N6O/c1-15-7-8-18(20-6-3-9-31-32-20)19(11-15)22(34)33-10-4-5-16(2)21(33)14-30-23-28-12-17(13-29-23)24(25,26)27/h3,6-9,11-13,16,21H,4-5,10,14H2,1-2H3,(H,28,29,30). The van der Waals surface area contributed by atoms with E-state index in [4.69, 9.17) is 0 Å². The van der Waals surface area contributed by atoms with Crippen molar-refractivity contribution in [3.8, 4) is 11.3 Å². The summed E-state index contributed by atoms with van der Waals surface area (Å²) in [6.45, 7) is 4.90. The molecule has 3 heterocycles. The Morgan fingerprint density at radius 3 is 2.65 bits per heavy atom. The van der Waals surface area contributed by atoms with Gasteiger partial charge in [-0.15, -0.1) is 0 Å². The summed E-state index contributed by atoms with van der Waals surface area (Å²) >= 11 is 0. The highest BCUT2D eigenvalue weighted by molar-refractivity contribution is 6.01. The van der Waals surface area contributed by atoms with E-state index in [2.05, 4.69) is 32.4 Å². The van der Waals surface area contributed by atoms with Crippen LogP contribution in [0, 0.1) is 12.8 Å². The Labute approximate surface area is 195 Å². The number of aromatic nitrogens is 4. The molecule has 2 unspecified atom stereocenters. The summed E-state index contributed by atoms with van der Waals surface area (Å²) in [7, 11) is 0. The quantitative estimate of drug-likeness (QED) is 0.586. The number of alkyl halides is 3. The molecule has 0 spiro atoms. The number of aryl methyl sites for hydroxylation is 1. The highest BCUT2D eigenvalue weighted by Gasteiger charge is 2.34. The molecule has 10 heteroatoms. The summed E-state index contributed by atoms with van der Waals surface area (Å²) in [5.74, 6) is 0.162. The van der Waals surface area contributed by atoms with Gasteiger partial charge >= 0.3 is 6.18 Å². The molecule has 1 N–H and O–H groups in total. The van der Waals surface area contributed by atoms with Crippen LogP contribution >= 0.6 is 0 Å². The summed E-state index contributed by atoms with van der Waals surface area (Å²) in [6.07, 6.45) is 0.400. The van der Waals surface area contributed by atoms with Crippen molar-refractivity contribution in [2.75, 3.05) is 18.4 Å². The minimum absolute atomic E-state index is 0.0916. The molecule has 34 heavy (non-hydrogen) atoms. The number of nitrogens with zero attached hydrogens (tertiary/aromatic N) is 5. The van der Waals surface area contributed by atoms with Crippen molar-refractivity contribution in [1.29, 1.82) is 0 Å². The maximum Gasteiger partial charge on any atom is 0.419 e. The van der Waals surface area contributed by atoms with Gasteiger partial charge in [0.2, 0.25) is 5.95 Å². The first-order valence-corrected chi connectivity index (χ1v) is 11.1. The topological polar surface area (TPSA) is 83.9 Å². The number of anilines is 1. The summed E-state index contributed by atoms with van der Waals surface area (Å²) < 4.78 is 38.3. The fourth-order valence-electron chi connectivity index (χ4n) is 4.23. The van der Waals surface area contributed by atoms with Crippen LogP contribution in [-0.2, 0) is 6.18 Å². The summed E-state index contributed by atoms with van der Waals surface area (Å²) in [5, 5.41) is 11.1. The van der Waals surface area contributed by atoms with Crippen molar-refractivity contribution in [3.63, 3.8) is 0 Å². The second-order valence-corrected chi connectivity index (χ2v) is 8.52. The lowest BCUT2D eigenvalue weighted by Crippen LogP contribution is -2.51. The average Bonchev–Trinajstić information content (AvgIpc) is 2.83. The average molecular weight is 470 g/mol. The third kappa shape index (κ3) is 5.16. The highest BCUT2D eigenvalue weighted by Crippen LogP contribution is 2.30. The van der Waals surface area contributed by atoms with Crippen LogP contribution < -0.4 is 5.32 Å². The van der Waals surface area contributed by atoms with Crippen LogP contribution in [0.1, 0.15) is 41.3 Å². The summed E-state index contributed by atoms with van der Waals surface area (Å²) in [5.41, 5.74) is 1.92. The van der Waals surface area contributed by atoms with Crippen LogP contribution in [0.5, 0.6) is 0 Å². The van der Waals surface area contributed by atoms with Gasteiger partial charge in [-0.1, -0.05) is 24.6 Å². The van der Waals surface area contributed by atoms with Gasteiger partial charge in [-0.3, -0.25) is 4.79 Å². The maximum atomic E-state index is 13.8. The van der Waals surface area contributed by atoms with Gasteiger partial charge in [0.1, 0.15) is 0 Å². The number of amides is 1. The Morgan fingerprint density at radius 2 is 1.97 bits per heavy atom. The fraction of sp³-hybridized carbons (Fsp3) is 0.375. The van der Waals surface area contributed by atoms with Crippen LogP contribution in [0.3, 0.4) is 0 Å². The smallest absolute Gasteiger partial charge is 0.352 e. The molecule has 0 saturated carbocycles. The van der Waals surface area contributed by atoms with Gasteiger partial charge in [-0.25, -0.2) is 9.97 Å². The number of nitrogens with one attached hydrogen (secondary N) is 1. The Morgan fingerprint density at radius 1 is 1.21 bits per heavy atom. The van der Waals surface area contributed by atoms with Crippen molar-refractivity contribution >= 4 is 11.9 Å². The number of carbonyl (C=O) groups is 1. The normalized spacial score (nSPS) is 18.6.